The van der Waals surface area contributed by atoms with Gasteiger partial charge in [-0.05, 0) is 42.3 Å². The average molecular weight is 311 g/mol. The van der Waals surface area contributed by atoms with Gasteiger partial charge >= 0.3 is 5.97 Å². The van der Waals surface area contributed by atoms with Crippen molar-refractivity contribution in [3.05, 3.63) is 59.2 Å². The number of hydrogen-bond donors (Lipinski definition) is 1. The summed E-state index contributed by atoms with van der Waals surface area (Å²) in [5.74, 6) is -0.850. The molecular formula is C18H17NO4. The smallest absolute Gasteiger partial charge is 0.310 e. The molecule has 1 unspecified atom stereocenters. The minimum Gasteiger partial charge on any atom is -0.497 e. The van der Waals surface area contributed by atoms with Gasteiger partial charge in [-0.3, -0.25) is 9.59 Å². The molecule has 5 heteroatoms. The summed E-state index contributed by atoms with van der Waals surface area (Å²) in [6.45, 7) is 2.15. The molecule has 5 nitrogen and oxygen atoms in total. The van der Waals surface area contributed by atoms with Gasteiger partial charge in [-0.2, -0.15) is 0 Å². The molecule has 0 aliphatic carbocycles. The van der Waals surface area contributed by atoms with E-state index in [1.165, 1.54) is 0 Å². The van der Waals surface area contributed by atoms with Gasteiger partial charge in [0.05, 0.1) is 19.6 Å². The van der Waals surface area contributed by atoms with Crippen LogP contribution in [0.5, 0.6) is 5.75 Å². The van der Waals surface area contributed by atoms with Gasteiger partial charge in [0, 0.05) is 11.3 Å². The SMILES string of the molecule is COc1ccc2c(c1)C(=O)N(c1ccc(C(C)C(=O)O)cc1)C2. The average Bonchev–Trinajstić information content (AvgIpc) is 2.90. The second kappa shape index (κ2) is 5.76. The van der Waals surface area contributed by atoms with Crippen LogP contribution in [0.15, 0.2) is 42.5 Å². The Hall–Kier alpha value is -2.82. The van der Waals surface area contributed by atoms with Gasteiger partial charge in [-0.25, -0.2) is 0 Å². The highest BCUT2D eigenvalue weighted by Gasteiger charge is 2.29. The van der Waals surface area contributed by atoms with E-state index in [1.807, 2.05) is 12.1 Å². The number of anilines is 1. The summed E-state index contributed by atoms with van der Waals surface area (Å²) in [4.78, 5) is 25.3. The van der Waals surface area contributed by atoms with Crippen LogP contribution in [0, 0.1) is 0 Å². The Labute approximate surface area is 134 Å². The number of rotatable bonds is 4. The molecule has 3 rings (SSSR count). The summed E-state index contributed by atoms with van der Waals surface area (Å²) in [5.41, 5.74) is 3.07. The molecule has 2 aromatic rings. The highest BCUT2D eigenvalue weighted by atomic mass is 16.5. The van der Waals surface area contributed by atoms with Crippen LogP contribution < -0.4 is 9.64 Å². The number of amides is 1. The number of ether oxygens (including phenoxy) is 1. The maximum Gasteiger partial charge on any atom is 0.310 e. The molecule has 0 bridgehead atoms. The lowest BCUT2D eigenvalue weighted by Gasteiger charge is -2.16. The van der Waals surface area contributed by atoms with Gasteiger partial charge in [0.1, 0.15) is 5.75 Å². The van der Waals surface area contributed by atoms with E-state index in [1.54, 1.807) is 49.3 Å². The highest BCUT2D eigenvalue weighted by molar-refractivity contribution is 6.10. The Kier molecular flexibility index (Phi) is 3.78. The van der Waals surface area contributed by atoms with Gasteiger partial charge in [0.25, 0.3) is 5.91 Å². The van der Waals surface area contributed by atoms with Crippen molar-refractivity contribution in [3.8, 4) is 5.75 Å². The molecular weight excluding hydrogens is 294 g/mol. The Morgan fingerprint density at radius 1 is 1.22 bits per heavy atom. The maximum atomic E-state index is 12.6. The largest absolute Gasteiger partial charge is 0.497 e. The number of nitrogens with zero attached hydrogens (tertiary/aromatic N) is 1. The Morgan fingerprint density at radius 3 is 2.52 bits per heavy atom. The van der Waals surface area contributed by atoms with E-state index in [0.717, 1.165) is 11.3 Å². The van der Waals surface area contributed by atoms with Crippen LogP contribution in [-0.4, -0.2) is 24.1 Å². The first-order chi connectivity index (χ1) is 11.0. The number of carbonyl (C=O) groups excluding carboxylic acids is 1. The summed E-state index contributed by atoms with van der Waals surface area (Å²) in [7, 11) is 1.57. The minimum atomic E-state index is -0.866. The third-order valence-corrected chi connectivity index (χ3v) is 4.20. The summed E-state index contributed by atoms with van der Waals surface area (Å²) < 4.78 is 5.17. The highest BCUT2D eigenvalue weighted by Crippen LogP contribution is 2.31. The maximum absolute atomic E-state index is 12.6. The molecule has 0 spiro atoms. The first kappa shape index (κ1) is 15.1. The zero-order chi connectivity index (χ0) is 16.6. The number of fused-ring (bicyclic) bond motifs is 1. The molecule has 1 amide bonds. The number of hydrogen-bond acceptors (Lipinski definition) is 3. The molecule has 1 aliphatic heterocycles. The van der Waals surface area contributed by atoms with Crippen molar-refractivity contribution in [1.29, 1.82) is 0 Å². The van der Waals surface area contributed by atoms with Crippen molar-refractivity contribution in [3.63, 3.8) is 0 Å². The second-order valence-corrected chi connectivity index (χ2v) is 5.57. The molecule has 1 aliphatic rings. The molecule has 1 atom stereocenters. The molecule has 0 fully saturated rings. The fourth-order valence-corrected chi connectivity index (χ4v) is 2.70. The number of methoxy groups -OCH3 is 1. The third kappa shape index (κ3) is 2.65. The Balaban J connectivity index is 1.86. The summed E-state index contributed by atoms with van der Waals surface area (Å²) in [6.07, 6.45) is 0. The number of aliphatic carboxylic acids is 1. The third-order valence-electron chi connectivity index (χ3n) is 4.20. The van der Waals surface area contributed by atoms with E-state index in [-0.39, 0.29) is 5.91 Å². The lowest BCUT2D eigenvalue weighted by molar-refractivity contribution is -0.138. The molecule has 0 radical (unpaired) electrons. The summed E-state index contributed by atoms with van der Waals surface area (Å²) in [6, 6.07) is 12.6. The van der Waals surface area contributed by atoms with Crippen molar-refractivity contribution >= 4 is 17.6 Å². The van der Waals surface area contributed by atoms with Gasteiger partial charge in [0.2, 0.25) is 0 Å². The van der Waals surface area contributed by atoms with Crippen LogP contribution in [0.2, 0.25) is 0 Å². The summed E-state index contributed by atoms with van der Waals surface area (Å²) >= 11 is 0. The van der Waals surface area contributed by atoms with E-state index in [2.05, 4.69) is 0 Å². The molecule has 0 saturated heterocycles. The zero-order valence-corrected chi connectivity index (χ0v) is 12.9. The summed E-state index contributed by atoms with van der Waals surface area (Å²) in [5, 5.41) is 9.05. The molecule has 0 aromatic heterocycles. The van der Waals surface area contributed by atoms with Gasteiger partial charge < -0.3 is 14.7 Å². The first-order valence-corrected chi connectivity index (χ1v) is 7.33. The van der Waals surface area contributed by atoms with Gasteiger partial charge in [0.15, 0.2) is 0 Å². The predicted octanol–water partition coefficient (Wildman–Crippen LogP) is 3.04. The number of benzene rings is 2. The topological polar surface area (TPSA) is 66.8 Å². The Bertz CT molecular complexity index is 767. The van der Waals surface area contributed by atoms with E-state index in [4.69, 9.17) is 9.84 Å². The normalized spacial score (nSPS) is 14.5. The minimum absolute atomic E-state index is 0.0714. The fourth-order valence-electron chi connectivity index (χ4n) is 2.70. The van der Waals surface area contributed by atoms with Crippen LogP contribution in [0.3, 0.4) is 0 Å². The number of carboxylic acids is 1. The Morgan fingerprint density at radius 2 is 1.91 bits per heavy atom. The van der Waals surface area contributed by atoms with Crippen molar-refractivity contribution in [2.24, 2.45) is 0 Å². The van der Waals surface area contributed by atoms with Crippen LogP contribution >= 0.6 is 0 Å². The molecule has 2 aromatic carbocycles. The number of carboxylic acid groups (broad SMARTS) is 1. The molecule has 0 saturated carbocycles. The van der Waals surface area contributed by atoms with Crippen molar-refractivity contribution < 1.29 is 19.4 Å². The van der Waals surface area contributed by atoms with Gasteiger partial charge in [-0.15, -0.1) is 0 Å². The standard InChI is InChI=1S/C18H17NO4/c1-11(18(21)22)12-3-6-14(7-4-12)19-10-13-5-8-15(23-2)9-16(13)17(19)20/h3-9,11H,10H2,1-2H3,(H,21,22). The molecule has 1 N–H and O–H groups in total. The van der Waals surface area contributed by atoms with E-state index < -0.39 is 11.9 Å². The van der Waals surface area contributed by atoms with Crippen molar-refractivity contribution in [2.75, 3.05) is 12.0 Å². The van der Waals surface area contributed by atoms with E-state index >= 15 is 0 Å². The van der Waals surface area contributed by atoms with Crippen LogP contribution in [0.25, 0.3) is 0 Å². The zero-order valence-electron chi connectivity index (χ0n) is 12.9. The van der Waals surface area contributed by atoms with Crippen molar-refractivity contribution in [2.45, 2.75) is 19.4 Å². The molecule has 23 heavy (non-hydrogen) atoms. The molecule has 118 valence electrons. The monoisotopic (exact) mass is 311 g/mol. The van der Waals surface area contributed by atoms with E-state index in [0.29, 0.717) is 23.4 Å². The van der Waals surface area contributed by atoms with Crippen LogP contribution in [-0.2, 0) is 11.3 Å². The van der Waals surface area contributed by atoms with Crippen LogP contribution in [0.1, 0.15) is 34.3 Å². The lowest BCUT2D eigenvalue weighted by Crippen LogP contribution is -2.23. The second-order valence-electron chi connectivity index (χ2n) is 5.57. The van der Waals surface area contributed by atoms with Gasteiger partial charge in [-0.1, -0.05) is 18.2 Å². The quantitative estimate of drug-likeness (QED) is 0.942. The predicted molar refractivity (Wildman–Crippen MR) is 86.0 cm³/mol. The van der Waals surface area contributed by atoms with E-state index in [9.17, 15) is 9.59 Å². The van der Waals surface area contributed by atoms with Crippen LogP contribution in [0.4, 0.5) is 5.69 Å². The number of carbonyl (C=O) groups is 2. The van der Waals surface area contributed by atoms with Crippen molar-refractivity contribution in [1.82, 2.24) is 0 Å². The lowest BCUT2D eigenvalue weighted by atomic mass is 10.0. The molecule has 1 heterocycles. The first-order valence-electron chi connectivity index (χ1n) is 7.33. The fraction of sp³-hybridized carbons (Fsp3) is 0.222.